The minimum atomic E-state index is 0.864. The first-order chi connectivity index (χ1) is 3.83. The van der Waals surface area contributed by atoms with E-state index < -0.39 is 0 Å². The summed E-state index contributed by atoms with van der Waals surface area (Å²) in [4.78, 5) is 0. The predicted molar refractivity (Wildman–Crippen MR) is 36.4 cm³/mol. The lowest BCUT2D eigenvalue weighted by molar-refractivity contribution is 0.873. The maximum Gasteiger partial charge on any atom is 0.278 e. The Labute approximate surface area is 50.9 Å². The van der Waals surface area contributed by atoms with Crippen LogP contribution in [0.2, 0.25) is 6.82 Å². The summed E-state index contributed by atoms with van der Waals surface area (Å²) in [5.41, 5.74) is 0.864. The third kappa shape index (κ3) is 1.07. The van der Waals surface area contributed by atoms with Crippen LogP contribution in [0, 0.1) is 0 Å². The van der Waals surface area contributed by atoms with Crippen molar-refractivity contribution in [1.82, 2.24) is 14.9 Å². The van der Waals surface area contributed by atoms with Crippen molar-refractivity contribution in [1.29, 1.82) is 0 Å². The van der Waals surface area contributed by atoms with Crippen molar-refractivity contribution in [2.24, 2.45) is 0 Å². The lowest BCUT2D eigenvalue weighted by Gasteiger charge is -1.83. The number of nitrogens with zero attached hydrogens (tertiary/aromatic N) is 3. The highest BCUT2D eigenvalue weighted by molar-refractivity contribution is 7.26. The molecule has 0 bridgehead atoms. The smallest absolute Gasteiger partial charge is 0.278 e. The van der Waals surface area contributed by atoms with E-state index in [0.29, 0.717) is 0 Å². The van der Waals surface area contributed by atoms with E-state index >= 15 is 0 Å². The van der Waals surface area contributed by atoms with Crippen molar-refractivity contribution in [2.45, 2.75) is 6.82 Å². The summed E-state index contributed by atoms with van der Waals surface area (Å²) in [5.74, 6) is 0. The molecule has 0 spiro atoms. The van der Waals surface area contributed by atoms with Crippen LogP contribution in [0.4, 0.5) is 0 Å². The molecule has 0 aliphatic carbocycles. The number of rotatable bonds is 1. The van der Waals surface area contributed by atoms with Crippen LogP contribution >= 0.6 is 9.24 Å². The SMILES string of the molecule is C[B]n1cc(P)nn1. The molecule has 41 valence electrons. The summed E-state index contributed by atoms with van der Waals surface area (Å²) in [6, 6.07) is 0. The van der Waals surface area contributed by atoms with Crippen LogP contribution in [0.5, 0.6) is 0 Å². The highest BCUT2D eigenvalue weighted by Gasteiger charge is 1.89. The second-order valence-electron chi connectivity index (χ2n) is 1.38. The normalized spacial score (nSPS) is 9.25. The van der Waals surface area contributed by atoms with Crippen LogP contribution in [0.25, 0.3) is 0 Å². The standard InChI is InChI=1S/C3H6BN3P/c1-4-7-2-3(8)5-6-7/h2H,8H2,1H3. The van der Waals surface area contributed by atoms with E-state index in [9.17, 15) is 0 Å². The van der Waals surface area contributed by atoms with E-state index in [-0.39, 0.29) is 0 Å². The van der Waals surface area contributed by atoms with Gasteiger partial charge in [0.2, 0.25) is 0 Å². The van der Waals surface area contributed by atoms with Gasteiger partial charge in [0.05, 0.1) is 5.44 Å². The molecule has 1 atom stereocenters. The quantitative estimate of drug-likeness (QED) is 0.367. The minimum absolute atomic E-state index is 0.864. The van der Waals surface area contributed by atoms with Crippen LogP contribution in [-0.2, 0) is 0 Å². The Hall–Kier alpha value is -0.365. The van der Waals surface area contributed by atoms with E-state index in [1.165, 1.54) is 0 Å². The number of aromatic nitrogens is 3. The topological polar surface area (TPSA) is 30.7 Å². The molecular weight excluding hydrogens is 120 g/mol. The Morgan fingerprint density at radius 2 is 2.62 bits per heavy atom. The molecule has 1 aromatic rings. The minimum Gasteiger partial charge on any atom is -0.304 e. The Balaban J connectivity index is 2.84. The molecule has 0 amide bonds. The van der Waals surface area contributed by atoms with Gasteiger partial charge in [-0.1, -0.05) is 21.3 Å². The highest BCUT2D eigenvalue weighted by Crippen LogP contribution is 1.79. The van der Waals surface area contributed by atoms with Crippen molar-refractivity contribution in [3.63, 3.8) is 0 Å². The van der Waals surface area contributed by atoms with Crippen LogP contribution in [0.3, 0.4) is 0 Å². The fourth-order valence-electron chi connectivity index (χ4n) is 0.417. The molecule has 1 radical (unpaired) electrons. The molecule has 0 saturated heterocycles. The fourth-order valence-corrected chi connectivity index (χ4v) is 0.621. The molecule has 1 aromatic heterocycles. The number of hydrogen-bond donors (Lipinski definition) is 0. The summed E-state index contributed by atoms with van der Waals surface area (Å²) >= 11 is 0. The third-order valence-corrected chi connectivity index (χ3v) is 1.06. The van der Waals surface area contributed by atoms with Crippen LogP contribution in [0.15, 0.2) is 6.20 Å². The van der Waals surface area contributed by atoms with Crippen molar-refractivity contribution < 1.29 is 0 Å². The zero-order chi connectivity index (χ0) is 5.98. The Bertz CT molecular complexity index is 175. The molecule has 1 unspecified atom stereocenters. The maximum atomic E-state index is 3.73. The maximum absolute atomic E-state index is 3.73. The summed E-state index contributed by atoms with van der Waals surface area (Å²) in [6.45, 7) is 1.90. The summed E-state index contributed by atoms with van der Waals surface area (Å²) < 4.78 is 1.66. The van der Waals surface area contributed by atoms with Gasteiger partial charge in [0.15, 0.2) is 0 Å². The van der Waals surface area contributed by atoms with Gasteiger partial charge in [-0.2, -0.15) is 0 Å². The van der Waals surface area contributed by atoms with Crippen LogP contribution in [-0.4, -0.2) is 22.3 Å². The Kier molecular flexibility index (Phi) is 1.64. The average Bonchev–Trinajstić information content (AvgIpc) is 2.14. The van der Waals surface area contributed by atoms with Gasteiger partial charge in [0.1, 0.15) is 0 Å². The van der Waals surface area contributed by atoms with Crippen LogP contribution < -0.4 is 5.44 Å². The molecule has 3 nitrogen and oxygen atoms in total. The van der Waals surface area contributed by atoms with Gasteiger partial charge in [-0.25, -0.2) is 0 Å². The molecule has 1 heterocycles. The first kappa shape index (κ1) is 5.77. The van der Waals surface area contributed by atoms with Crippen molar-refractivity contribution >= 4 is 22.1 Å². The van der Waals surface area contributed by atoms with Crippen molar-refractivity contribution in [2.75, 3.05) is 0 Å². The lowest BCUT2D eigenvalue weighted by Crippen LogP contribution is -2.01. The molecule has 5 heteroatoms. The molecule has 0 aromatic carbocycles. The molecule has 0 aliphatic rings. The molecule has 0 aliphatic heterocycles. The van der Waals surface area contributed by atoms with Crippen LogP contribution in [0.1, 0.15) is 0 Å². The molecular formula is C3H6BN3P. The lowest BCUT2D eigenvalue weighted by atomic mass is 10.0. The average molecular weight is 126 g/mol. The summed E-state index contributed by atoms with van der Waals surface area (Å²) in [7, 11) is 4.30. The first-order valence-electron chi connectivity index (χ1n) is 2.29. The van der Waals surface area contributed by atoms with E-state index in [0.717, 1.165) is 5.44 Å². The van der Waals surface area contributed by atoms with Gasteiger partial charge in [-0.3, -0.25) is 0 Å². The largest absolute Gasteiger partial charge is 0.304 e. The van der Waals surface area contributed by atoms with E-state index in [2.05, 4.69) is 19.6 Å². The van der Waals surface area contributed by atoms with Crippen molar-refractivity contribution in [3.8, 4) is 0 Å². The number of hydrogen-bond acceptors (Lipinski definition) is 2. The molecule has 0 fully saturated rings. The second-order valence-corrected chi connectivity index (χ2v) is 1.97. The fraction of sp³-hybridized carbons (Fsp3) is 0.333. The van der Waals surface area contributed by atoms with Gasteiger partial charge in [0, 0.05) is 6.20 Å². The first-order valence-corrected chi connectivity index (χ1v) is 2.87. The Morgan fingerprint density at radius 1 is 1.88 bits per heavy atom. The van der Waals surface area contributed by atoms with E-state index in [1.807, 2.05) is 20.4 Å². The summed E-state index contributed by atoms with van der Waals surface area (Å²) in [5, 5.41) is 7.46. The second kappa shape index (κ2) is 2.27. The van der Waals surface area contributed by atoms with Gasteiger partial charge in [-0.05, 0) is 0 Å². The Morgan fingerprint density at radius 3 is 2.88 bits per heavy atom. The highest BCUT2D eigenvalue weighted by atomic mass is 31.0. The van der Waals surface area contributed by atoms with Crippen molar-refractivity contribution in [3.05, 3.63) is 6.20 Å². The molecule has 1 rings (SSSR count). The van der Waals surface area contributed by atoms with Gasteiger partial charge in [0.25, 0.3) is 7.41 Å². The van der Waals surface area contributed by atoms with Gasteiger partial charge < -0.3 is 4.59 Å². The van der Waals surface area contributed by atoms with E-state index in [4.69, 9.17) is 0 Å². The molecule has 0 saturated carbocycles. The monoisotopic (exact) mass is 126 g/mol. The zero-order valence-corrected chi connectivity index (χ0v) is 5.73. The zero-order valence-electron chi connectivity index (χ0n) is 4.57. The van der Waals surface area contributed by atoms with E-state index in [1.54, 1.807) is 4.59 Å². The third-order valence-electron chi connectivity index (χ3n) is 0.793. The molecule has 8 heavy (non-hydrogen) atoms. The predicted octanol–water partition coefficient (Wildman–Crippen LogP) is -0.706. The van der Waals surface area contributed by atoms with Gasteiger partial charge >= 0.3 is 0 Å². The summed E-state index contributed by atoms with van der Waals surface area (Å²) in [6.07, 6.45) is 1.82. The molecule has 0 N–H and O–H groups in total. The van der Waals surface area contributed by atoms with Gasteiger partial charge in [-0.15, -0.1) is 5.10 Å².